The number of unbranched alkanes of at least 4 members (excludes halogenated alkanes) is 1. The number of para-hydroxylation sites is 1. The number of hydrogen-bond donors (Lipinski definition) is 17. The molecular formula is C71H105N17O18S2. The number of aromatic nitrogens is 1. The molecule has 0 aliphatic carbocycles. The van der Waals surface area contributed by atoms with Gasteiger partial charge in [-0.15, -0.1) is 0 Å². The van der Waals surface area contributed by atoms with E-state index in [9.17, 15) is 77.3 Å². The van der Waals surface area contributed by atoms with Gasteiger partial charge in [0, 0.05) is 66.7 Å². The summed E-state index contributed by atoms with van der Waals surface area (Å²) in [5.74, 6) is -13.8. The van der Waals surface area contributed by atoms with Gasteiger partial charge in [0.25, 0.3) is 5.91 Å². The molecule has 1 saturated heterocycles. The van der Waals surface area contributed by atoms with Crippen LogP contribution in [0.2, 0.25) is 0 Å². The highest BCUT2D eigenvalue weighted by molar-refractivity contribution is 7.98. The number of nitrogens with one attached hydrogen (secondary N) is 12. The molecular weight excluding hydrogens is 1440 g/mol. The quantitative estimate of drug-likeness (QED) is 0.0368. The average Bonchev–Trinajstić information content (AvgIpc) is 1.64. The third kappa shape index (κ3) is 30.2. The molecule has 2 aliphatic heterocycles. The van der Waals surface area contributed by atoms with Crippen LogP contribution in [0.1, 0.15) is 154 Å². The number of oxime groups is 1. The molecule has 37 heteroatoms. The monoisotopic (exact) mass is 1550 g/mol. The second kappa shape index (κ2) is 46.1. The summed E-state index contributed by atoms with van der Waals surface area (Å²) in [5.41, 5.74) is 19.7. The predicted octanol–water partition coefficient (Wildman–Crippen LogP) is 0.426. The summed E-state index contributed by atoms with van der Waals surface area (Å²) >= 11 is 2.82. The minimum Gasteiger partial charge on any atom is -0.494 e. The molecule has 0 spiro atoms. The van der Waals surface area contributed by atoms with Gasteiger partial charge in [-0.25, -0.2) is 0 Å². The van der Waals surface area contributed by atoms with Crippen LogP contribution in [0.5, 0.6) is 5.75 Å². The van der Waals surface area contributed by atoms with Crippen molar-refractivity contribution in [2.24, 2.45) is 28.3 Å². The van der Waals surface area contributed by atoms with Crippen molar-refractivity contribution in [3.8, 4) is 5.75 Å². The van der Waals surface area contributed by atoms with Gasteiger partial charge in [-0.3, -0.25) is 72.5 Å². The minimum atomic E-state index is -1.90. The Kier molecular flexibility index (Phi) is 37.8. The van der Waals surface area contributed by atoms with Gasteiger partial charge in [-0.2, -0.15) is 23.5 Å². The number of carboxylic acid groups (broad SMARTS) is 2. The van der Waals surface area contributed by atoms with E-state index in [1.807, 2.05) is 24.5 Å². The number of guanidine groups is 1. The number of aliphatic carboxylic acids is 2. The van der Waals surface area contributed by atoms with Gasteiger partial charge in [0.05, 0.1) is 13.0 Å². The second-order valence-electron chi connectivity index (χ2n) is 26.6. The van der Waals surface area contributed by atoms with Crippen molar-refractivity contribution in [3.63, 3.8) is 0 Å². The first-order valence-corrected chi connectivity index (χ1v) is 38.7. The molecule has 2 bridgehead atoms. The van der Waals surface area contributed by atoms with E-state index >= 15 is 0 Å². The van der Waals surface area contributed by atoms with E-state index in [4.69, 9.17) is 32.2 Å². The van der Waals surface area contributed by atoms with E-state index in [1.54, 1.807) is 63.0 Å². The number of thioether (sulfide) groups is 2. The number of carboxylic acids is 2. The molecule has 3 aromatic rings. The van der Waals surface area contributed by atoms with Crippen molar-refractivity contribution < 1.29 is 86.9 Å². The molecule has 11 atom stereocenters. The number of ether oxygens (including phenoxy) is 1. The lowest BCUT2D eigenvalue weighted by molar-refractivity contribution is -0.143. The molecule has 1 fully saturated rings. The fourth-order valence-electron chi connectivity index (χ4n) is 12.0. The number of rotatable bonds is 22. The highest BCUT2D eigenvalue weighted by Crippen LogP contribution is 2.26. The van der Waals surface area contributed by atoms with E-state index in [2.05, 4.69) is 63.3 Å². The summed E-state index contributed by atoms with van der Waals surface area (Å²) < 4.78 is 6.17. The second-order valence-corrected chi connectivity index (χ2v) is 28.5. The number of amides is 12. The molecule has 108 heavy (non-hydrogen) atoms. The number of aromatic amines is 1. The van der Waals surface area contributed by atoms with Gasteiger partial charge >= 0.3 is 11.9 Å². The molecule has 0 radical (unpaired) electrons. The highest BCUT2D eigenvalue weighted by Gasteiger charge is 2.41. The van der Waals surface area contributed by atoms with Crippen LogP contribution in [0.3, 0.4) is 0 Å². The van der Waals surface area contributed by atoms with Crippen molar-refractivity contribution in [2.45, 2.75) is 215 Å². The lowest BCUT2D eigenvalue weighted by Crippen LogP contribution is -2.61. The molecule has 1 aromatic heterocycles. The summed E-state index contributed by atoms with van der Waals surface area (Å²) in [6, 6.07) is -2.30. The van der Waals surface area contributed by atoms with Gasteiger partial charge in [-0.1, -0.05) is 69.5 Å². The smallest absolute Gasteiger partial charge is 0.305 e. The van der Waals surface area contributed by atoms with Crippen molar-refractivity contribution in [1.82, 2.24) is 63.1 Å². The summed E-state index contributed by atoms with van der Waals surface area (Å²) in [6.45, 7) is 7.18. The molecule has 0 saturated carbocycles. The number of carbonyl (C=O) groups is 14. The first-order chi connectivity index (χ1) is 51.5. The maximum atomic E-state index is 14.9. The van der Waals surface area contributed by atoms with E-state index < -0.39 is 181 Å². The van der Waals surface area contributed by atoms with Crippen molar-refractivity contribution in [2.75, 3.05) is 38.3 Å². The fourth-order valence-corrected chi connectivity index (χ4v) is 13.5. The standard InChI is InChI=1S/C71H105N17O18S2/c1-6-8-18-49-63(97)84-53(34-59(93)94)67(101)87-60(40(3)7-2)69(103)85-52(33-44-35-77-47-19-12-11-17-46(44)47)66(100)82-50(22-24-56(72)89)64(98)81-51(23-25-58(91)92)65(99)86-54(61(73)95)39-108-38-43-30-42(37-107-5)31-45(32-43)105-28-13-9-10-14-29-106-78-36-57(90)80-48(20-15-26-76-71(74)75)62(96)79-41(4)70(104)88-27-16-21-55(88)68(102)83-49/h11-12,17,19,30-32,35-36,40-41,48-55,60,77H,6-10,13-16,18,20-29,33-34,37-39H2,1-5H3,(H2,72,89)(H2,73,95)(H,79,96)(H,80,90)(H,81,98)(H,82,100)(H,83,102)(H,84,97)(H,85,103)(H,86,99)(H,87,101)(H,91,92)(H,93,94)(H4,74,75,76)/b78-36+/t40-,41-,48-,49-,50-,51-,52-,53-,54-,55-,60-/m0/s1. The topological polar surface area (TPSA) is 551 Å². The van der Waals surface area contributed by atoms with Crippen molar-refractivity contribution in [3.05, 3.63) is 65.4 Å². The third-order valence-electron chi connectivity index (χ3n) is 18.0. The SMILES string of the molecule is CCCC[C@@H]1NC(=O)[C@@H]2CCCN2C(=O)[C@H](C)NC(=O)[C@H](CCCNC(=N)N)NC(=O)/C=N/OCCCCCCOc2cc(CSC)cc(c2)CSC[C@@H](C(N)=O)NC(=O)[C@H](CCC(=O)O)NC(=O)[C@H](CCC(N)=O)NC(=O)[C@H](Cc2c[nH]c3ccccc23)NC(=O)[C@H]([C@@H](C)CC)NC(=O)[C@H](CC(=O)O)NC1=O. The molecule has 2 aromatic carbocycles. The number of primary amides is 2. The Morgan fingerprint density at radius 3 is 1.97 bits per heavy atom. The Balaban J connectivity index is 1.50. The number of nitrogens with two attached hydrogens (primary N) is 3. The van der Waals surface area contributed by atoms with Crippen LogP contribution in [0.4, 0.5) is 0 Å². The maximum absolute atomic E-state index is 14.9. The fraction of sp³-hybridized carbons (Fsp3) is 0.577. The van der Waals surface area contributed by atoms with E-state index in [0.717, 1.165) is 23.8 Å². The molecule has 35 nitrogen and oxygen atoms in total. The molecule has 3 heterocycles. The first kappa shape index (κ1) is 88.4. The van der Waals surface area contributed by atoms with E-state index in [1.165, 1.54) is 23.6 Å². The molecule has 0 unspecified atom stereocenters. The zero-order chi connectivity index (χ0) is 79.4. The molecule has 12 amide bonds. The number of nitrogens with zero attached hydrogens (tertiary/aromatic N) is 2. The Morgan fingerprint density at radius 1 is 0.704 bits per heavy atom. The van der Waals surface area contributed by atoms with Crippen LogP contribution < -0.4 is 75.1 Å². The van der Waals surface area contributed by atoms with Gasteiger partial charge in [0.2, 0.25) is 65.0 Å². The Labute approximate surface area is 634 Å². The molecule has 20 N–H and O–H groups in total. The minimum absolute atomic E-state index is 0.0151. The zero-order valence-electron chi connectivity index (χ0n) is 61.6. The highest BCUT2D eigenvalue weighted by atomic mass is 32.2. The Hall–Kier alpha value is -10.2. The van der Waals surface area contributed by atoms with Gasteiger partial charge in [0.15, 0.2) is 5.96 Å². The van der Waals surface area contributed by atoms with E-state index in [0.29, 0.717) is 78.9 Å². The molecule has 5 rings (SSSR count). The molecule has 2 aliphatic rings. The zero-order valence-corrected chi connectivity index (χ0v) is 63.2. The van der Waals surface area contributed by atoms with Crippen molar-refractivity contribution >= 4 is 129 Å². The lowest BCUT2D eigenvalue weighted by atomic mass is 9.96. The van der Waals surface area contributed by atoms with E-state index in [-0.39, 0.29) is 69.9 Å². The van der Waals surface area contributed by atoms with Crippen LogP contribution >= 0.6 is 23.5 Å². The number of hydrogen-bond acceptors (Lipinski definition) is 20. The predicted molar refractivity (Wildman–Crippen MR) is 403 cm³/mol. The number of H-pyrrole nitrogens is 1. The lowest BCUT2D eigenvalue weighted by Gasteiger charge is -2.30. The normalized spacial score (nSPS) is 23.8. The maximum Gasteiger partial charge on any atom is 0.305 e. The summed E-state index contributed by atoms with van der Waals surface area (Å²) in [5, 5.41) is 57.6. The Bertz CT molecular complexity index is 3660. The number of fused-ring (bicyclic) bond motifs is 4. The number of benzene rings is 2. The molecule has 594 valence electrons. The number of carbonyl (C=O) groups excluding carboxylic acids is 12. The summed E-state index contributed by atoms with van der Waals surface area (Å²) in [4.78, 5) is 203. The van der Waals surface area contributed by atoms with Gasteiger partial charge in [-0.05, 0) is 125 Å². The summed E-state index contributed by atoms with van der Waals surface area (Å²) in [7, 11) is 0. The van der Waals surface area contributed by atoms with Gasteiger partial charge < -0.3 is 100 Å². The third-order valence-corrected chi connectivity index (χ3v) is 19.7. The average molecular weight is 1550 g/mol. The van der Waals surface area contributed by atoms with Crippen LogP contribution in [-0.4, -0.2) is 214 Å². The van der Waals surface area contributed by atoms with Crippen LogP contribution in [-0.2, 0) is 89.9 Å². The van der Waals surface area contributed by atoms with Crippen molar-refractivity contribution in [1.29, 1.82) is 5.41 Å². The van der Waals surface area contributed by atoms with Crippen LogP contribution in [0.15, 0.2) is 53.8 Å². The first-order valence-electron chi connectivity index (χ1n) is 36.2. The largest absolute Gasteiger partial charge is 0.494 e. The summed E-state index contributed by atoms with van der Waals surface area (Å²) in [6.07, 6.45) is 5.18. The Morgan fingerprint density at radius 2 is 1.31 bits per heavy atom. The van der Waals surface area contributed by atoms with Crippen LogP contribution in [0, 0.1) is 11.3 Å². The van der Waals surface area contributed by atoms with Gasteiger partial charge in [0.1, 0.15) is 79.0 Å². The van der Waals surface area contributed by atoms with Crippen LogP contribution in [0.25, 0.3) is 10.9 Å².